The molecule has 6 heteroatoms. The van der Waals surface area contributed by atoms with Gasteiger partial charge in [0.2, 0.25) is 0 Å². The maximum absolute atomic E-state index is 13.1. The molecule has 0 aliphatic carbocycles. The Hall–Kier alpha value is -2.57. The summed E-state index contributed by atoms with van der Waals surface area (Å²) >= 11 is 1.56. The number of hydrogen-bond acceptors (Lipinski definition) is 5. The number of rotatable bonds is 5. The molecule has 1 aliphatic rings. The third-order valence-electron chi connectivity index (χ3n) is 4.84. The van der Waals surface area contributed by atoms with E-state index in [0.717, 1.165) is 45.6 Å². The highest BCUT2D eigenvalue weighted by Crippen LogP contribution is 2.39. The van der Waals surface area contributed by atoms with Gasteiger partial charge in [0.25, 0.3) is 5.91 Å². The van der Waals surface area contributed by atoms with Crippen LogP contribution in [0, 0.1) is 6.92 Å². The molecule has 0 unspecified atom stereocenters. The average molecular weight is 397 g/mol. The highest BCUT2D eigenvalue weighted by Gasteiger charge is 2.23. The number of amides is 1. The van der Waals surface area contributed by atoms with Crippen molar-refractivity contribution in [1.82, 2.24) is 4.90 Å². The summed E-state index contributed by atoms with van der Waals surface area (Å²) in [5, 5.41) is 1.14. The third kappa shape index (κ3) is 3.98. The molecule has 2 aromatic heterocycles. The van der Waals surface area contributed by atoms with Crippen molar-refractivity contribution < 1.29 is 13.9 Å². The molecule has 1 aromatic carbocycles. The molecule has 0 saturated carbocycles. The molecule has 1 saturated heterocycles. The number of furan rings is 1. The van der Waals surface area contributed by atoms with Gasteiger partial charge < -0.3 is 19.0 Å². The number of nitrogens with zero attached hydrogens (tertiary/aromatic N) is 2. The number of anilines is 1. The molecule has 1 fully saturated rings. The molecule has 3 aromatic rings. The lowest BCUT2D eigenvalue weighted by Crippen LogP contribution is -2.35. The van der Waals surface area contributed by atoms with Crippen molar-refractivity contribution in [2.75, 3.05) is 38.3 Å². The molecule has 0 spiro atoms. The number of thiophene rings is 1. The lowest BCUT2D eigenvalue weighted by atomic mass is 10.1. The smallest absolute Gasteiger partial charge is 0.264 e. The minimum Gasteiger partial charge on any atom is -0.464 e. The van der Waals surface area contributed by atoms with Crippen molar-refractivity contribution in [3.8, 4) is 11.1 Å². The molecule has 0 bridgehead atoms. The number of carbonyl (C=O) groups is 1. The Morgan fingerprint density at radius 3 is 2.57 bits per heavy atom. The van der Waals surface area contributed by atoms with Crippen molar-refractivity contribution in [1.29, 1.82) is 0 Å². The third-order valence-corrected chi connectivity index (χ3v) is 6.03. The van der Waals surface area contributed by atoms with E-state index in [4.69, 9.17) is 9.15 Å². The summed E-state index contributed by atoms with van der Waals surface area (Å²) < 4.78 is 11.1. The van der Waals surface area contributed by atoms with Gasteiger partial charge >= 0.3 is 0 Å². The molecule has 146 valence electrons. The SMILES string of the molecule is Cc1ccc(CN(C)C(=O)c2cc(-c3ccccc3)c(N3CCOCC3)s2)o1. The van der Waals surface area contributed by atoms with Crippen LogP contribution in [0.25, 0.3) is 11.1 Å². The minimum absolute atomic E-state index is 0.00995. The zero-order valence-electron chi connectivity index (χ0n) is 16.2. The quantitative estimate of drug-likeness (QED) is 0.640. The van der Waals surface area contributed by atoms with E-state index < -0.39 is 0 Å². The topological polar surface area (TPSA) is 45.9 Å². The molecular weight excluding hydrogens is 372 g/mol. The van der Waals surface area contributed by atoms with E-state index in [2.05, 4.69) is 17.0 Å². The van der Waals surface area contributed by atoms with Crippen LogP contribution in [0.15, 0.2) is 52.9 Å². The summed E-state index contributed by atoms with van der Waals surface area (Å²) in [6.07, 6.45) is 0. The maximum Gasteiger partial charge on any atom is 0.264 e. The highest BCUT2D eigenvalue weighted by atomic mass is 32.1. The van der Waals surface area contributed by atoms with Crippen molar-refractivity contribution >= 4 is 22.2 Å². The van der Waals surface area contributed by atoms with Crippen LogP contribution in [-0.2, 0) is 11.3 Å². The number of hydrogen-bond donors (Lipinski definition) is 0. The van der Waals surface area contributed by atoms with Crippen molar-refractivity contribution in [3.63, 3.8) is 0 Å². The number of morpholine rings is 1. The zero-order valence-corrected chi connectivity index (χ0v) is 17.0. The van der Waals surface area contributed by atoms with Crippen molar-refractivity contribution in [2.45, 2.75) is 13.5 Å². The highest BCUT2D eigenvalue weighted by molar-refractivity contribution is 7.18. The van der Waals surface area contributed by atoms with Gasteiger partial charge in [0.1, 0.15) is 11.5 Å². The lowest BCUT2D eigenvalue weighted by molar-refractivity contribution is 0.0780. The fraction of sp³-hybridized carbons (Fsp3) is 0.318. The second kappa shape index (κ2) is 8.20. The average Bonchev–Trinajstić information content (AvgIpc) is 3.35. The Balaban J connectivity index is 1.63. The van der Waals surface area contributed by atoms with Crippen LogP contribution in [0.1, 0.15) is 21.2 Å². The Bertz CT molecular complexity index is 942. The van der Waals surface area contributed by atoms with Crippen LogP contribution in [0.5, 0.6) is 0 Å². The van der Waals surface area contributed by atoms with E-state index in [1.54, 1.807) is 16.2 Å². The molecule has 1 amide bonds. The normalized spacial score (nSPS) is 14.3. The molecule has 0 N–H and O–H groups in total. The molecule has 0 radical (unpaired) electrons. The molecule has 0 atom stereocenters. The maximum atomic E-state index is 13.1. The summed E-state index contributed by atoms with van der Waals surface area (Å²) in [4.78, 5) is 17.9. The van der Waals surface area contributed by atoms with Crippen LogP contribution in [0.2, 0.25) is 0 Å². The van der Waals surface area contributed by atoms with Crippen molar-refractivity contribution in [2.24, 2.45) is 0 Å². The first kappa shape index (κ1) is 18.8. The summed E-state index contributed by atoms with van der Waals surface area (Å²) in [6, 6.07) is 16.1. The van der Waals surface area contributed by atoms with Gasteiger partial charge in [-0.05, 0) is 30.7 Å². The van der Waals surface area contributed by atoms with E-state index in [1.165, 1.54) is 0 Å². The van der Waals surface area contributed by atoms with Crippen LogP contribution >= 0.6 is 11.3 Å². The second-order valence-electron chi connectivity index (χ2n) is 6.97. The molecule has 4 rings (SSSR count). The number of ether oxygens (including phenoxy) is 1. The first-order chi connectivity index (χ1) is 13.6. The van der Waals surface area contributed by atoms with E-state index >= 15 is 0 Å². The first-order valence-electron chi connectivity index (χ1n) is 9.44. The van der Waals surface area contributed by atoms with E-state index in [-0.39, 0.29) is 5.91 Å². The van der Waals surface area contributed by atoms with Crippen LogP contribution in [0.3, 0.4) is 0 Å². The van der Waals surface area contributed by atoms with Crippen LogP contribution in [0.4, 0.5) is 5.00 Å². The number of aryl methyl sites for hydroxylation is 1. The predicted molar refractivity (Wildman–Crippen MR) is 112 cm³/mol. The second-order valence-corrected chi connectivity index (χ2v) is 8.00. The van der Waals surface area contributed by atoms with E-state index in [1.807, 2.05) is 50.4 Å². The van der Waals surface area contributed by atoms with E-state index in [9.17, 15) is 4.79 Å². The van der Waals surface area contributed by atoms with Gasteiger partial charge in [0.05, 0.1) is 29.6 Å². The number of benzene rings is 1. The molecule has 28 heavy (non-hydrogen) atoms. The molecule has 1 aliphatic heterocycles. The summed E-state index contributed by atoms with van der Waals surface area (Å²) in [6.45, 7) is 5.48. The Morgan fingerprint density at radius 2 is 1.89 bits per heavy atom. The molecule has 3 heterocycles. The van der Waals surface area contributed by atoms with Crippen LogP contribution in [-0.4, -0.2) is 44.2 Å². The lowest BCUT2D eigenvalue weighted by Gasteiger charge is -2.28. The van der Waals surface area contributed by atoms with Gasteiger partial charge in [0.15, 0.2) is 0 Å². The van der Waals surface area contributed by atoms with Gasteiger partial charge in [-0.1, -0.05) is 30.3 Å². The fourth-order valence-corrected chi connectivity index (χ4v) is 4.60. The van der Waals surface area contributed by atoms with Gasteiger partial charge in [-0.3, -0.25) is 4.79 Å². The van der Waals surface area contributed by atoms with Crippen molar-refractivity contribution in [3.05, 3.63) is 64.9 Å². The summed E-state index contributed by atoms with van der Waals surface area (Å²) in [5.74, 6) is 1.66. The monoisotopic (exact) mass is 396 g/mol. The Labute approximate surface area is 169 Å². The Morgan fingerprint density at radius 1 is 1.14 bits per heavy atom. The largest absolute Gasteiger partial charge is 0.464 e. The van der Waals surface area contributed by atoms with E-state index in [0.29, 0.717) is 19.8 Å². The van der Waals surface area contributed by atoms with Gasteiger partial charge in [-0.2, -0.15) is 0 Å². The zero-order chi connectivity index (χ0) is 19.5. The minimum atomic E-state index is 0.00995. The molecule has 5 nitrogen and oxygen atoms in total. The van der Waals surface area contributed by atoms with Crippen LogP contribution < -0.4 is 4.90 Å². The fourth-order valence-electron chi connectivity index (χ4n) is 3.38. The predicted octanol–water partition coefficient (Wildman–Crippen LogP) is 4.43. The standard InChI is InChI=1S/C22H24N2O3S/c1-16-8-9-18(27-16)15-23(2)21(25)20-14-19(17-6-4-3-5-7-17)22(28-20)24-10-12-26-13-11-24/h3-9,14H,10-13,15H2,1-2H3. The van der Waals surface area contributed by atoms with Gasteiger partial charge in [0, 0.05) is 25.7 Å². The first-order valence-corrected chi connectivity index (χ1v) is 10.3. The van der Waals surface area contributed by atoms with Gasteiger partial charge in [-0.25, -0.2) is 0 Å². The number of carbonyl (C=O) groups excluding carboxylic acids is 1. The Kier molecular flexibility index (Phi) is 5.50. The summed E-state index contributed by atoms with van der Waals surface area (Å²) in [7, 11) is 1.82. The van der Waals surface area contributed by atoms with Gasteiger partial charge in [-0.15, -0.1) is 11.3 Å². The summed E-state index contributed by atoms with van der Waals surface area (Å²) in [5.41, 5.74) is 2.24. The molecular formula is C22H24N2O3S.